The Morgan fingerprint density at radius 2 is 1.38 bits per heavy atom. The van der Waals surface area contributed by atoms with Crippen LogP contribution in [0.3, 0.4) is 0 Å². The van der Waals surface area contributed by atoms with Crippen molar-refractivity contribution in [3.05, 3.63) is 91.4 Å². The number of phenols is 2. The molecule has 0 aliphatic heterocycles. The van der Waals surface area contributed by atoms with Crippen LogP contribution in [0.15, 0.2) is 54.6 Å². The minimum atomic E-state index is -5.08. The Morgan fingerprint density at radius 1 is 0.759 bits per heavy atom. The van der Waals surface area contributed by atoms with Crippen LogP contribution in [0.5, 0.6) is 11.5 Å². The SMILES string of the molecule is O=S(=O)(O)C(c1cccc(Cl)c1)(c1cc(O)cc(Cl)c1)c1cc(Cl)c(Cl)cc1O. The Balaban J connectivity index is 2.60. The van der Waals surface area contributed by atoms with Crippen LogP contribution in [0.2, 0.25) is 20.1 Å². The van der Waals surface area contributed by atoms with Crippen molar-refractivity contribution >= 4 is 56.5 Å². The second-order valence-electron chi connectivity index (χ2n) is 6.15. The zero-order valence-corrected chi connectivity index (χ0v) is 18.1. The summed E-state index contributed by atoms with van der Waals surface area (Å²) in [5, 5.41) is 20.7. The predicted octanol–water partition coefficient (Wildman–Crippen LogP) is 5.89. The van der Waals surface area contributed by atoms with Crippen molar-refractivity contribution in [2.24, 2.45) is 0 Å². The number of halogens is 4. The van der Waals surface area contributed by atoms with E-state index in [-0.39, 0.29) is 42.5 Å². The van der Waals surface area contributed by atoms with E-state index >= 15 is 0 Å². The number of phenolic OH excluding ortho intramolecular Hbond substituents is 2. The highest BCUT2D eigenvalue weighted by Crippen LogP contribution is 2.50. The van der Waals surface area contributed by atoms with Crippen LogP contribution in [0.1, 0.15) is 16.7 Å². The summed E-state index contributed by atoms with van der Waals surface area (Å²) in [6.45, 7) is 0. The Labute approximate surface area is 186 Å². The van der Waals surface area contributed by atoms with Gasteiger partial charge in [-0.05, 0) is 47.5 Å². The minimum absolute atomic E-state index is 0.00500. The second kappa shape index (κ2) is 7.87. The maximum Gasteiger partial charge on any atom is 0.283 e. The highest BCUT2D eigenvalue weighted by atomic mass is 35.5. The molecule has 3 rings (SSSR count). The van der Waals surface area contributed by atoms with E-state index in [1.165, 1.54) is 36.4 Å². The van der Waals surface area contributed by atoms with E-state index in [1.807, 2.05) is 0 Å². The lowest BCUT2D eigenvalue weighted by Gasteiger charge is -2.33. The molecule has 0 saturated carbocycles. The minimum Gasteiger partial charge on any atom is -0.508 e. The van der Waals surface area contributed by atoms with Gasteiger partial charge in [-0.2, -0.15) is 8.42 Å². The number of hydrogen-bond acceptors (Lipinski definition) is 4. The third kappa shape index (κ3) is 3.89. The fourth-order valence-electron chi connectivity index (χ4n) is 3.22. The Bertz CT molecular complexity index is 1190. The van der Waals surface area contributed by atoms with Crippen molar-refractivity contribution in [2.45, 2.75) is 4.75 Å². The molecule has 0 radical (unpaired) electrons. The molecule has 0 spiro atoms. The fraction of sp³-hybridized carbons (Fsp3) is 0.0526. The van der Waals surface area contributed by atoms with Crippen molar-refractivity contribution in [3.8, 4) is 11.5 Å². The zero-order chi connectivity index (χ0) is 21.6. The van der Waals surface area contributed by atoms with E-state index in [0.29, 0.717) is 0 Å². The van der Waals surface area contributed by atoms with Gasteiger partial charge in [0, 0.05) is 21.7 Å². The molecule has 0 aliphatic carbocycles. The molecule has 0 fully saturated rings. The zero-order valence-electron chi connectivity index (χ0n) is 14.3. The summed E-state index contributed by atoms with van der Waals surface area (Å²) in [6.07, 6.45) is 0. The third-order valence-corrected chi connectivity index (χ3v) is 6.97. The molecule has 152 valence electrons. The standard InChI is InChI=1S/C19H12Cl4O5S/c20-12-3-1-2-10(4-12)19(29(26,27)28,11-5-13(21)7-14(24)6-11)15-8-16(22)17(23)9-18(15)25/h1-9,24-25H,(H,26,27,28). The molecule has 0 saturated heterocycles. The van der Waals surface area contributed by atoms with Crippen molar-refractivity contribution in [1.29, 1.82) is 0 Å². The average molecular weight is 494 g/mol. The molecule has 0 bridgehead atoms. The first-order valence-electron chi connectivity index (χ1n) is 7.88. The van der Waals surface area contributed by atoms with E-state index in [9.17, 15) is 23.2 Å². The van der Waals surface area contributed by atoms with E-state index in [2.05, 4.69) is 0 Å². The normalized spacial score (nSPS) is 13.8. The summed E-state index contributed by atoms with van der Waals surface area (Å²) in [7, 11) is -5.08. The molecular weight excluding hydrogens is 482 g/mol. The van der Waals surface area contributed by atoms with Gasteiger partial charge in [0.05, 0.1) is 10.0 Å². The fourth-order valence-corrected chi connectivity index (χ4v) is 5.24. The molecule has 0 amide bonds. The first-order chi connectivity index (χ1) is 13.5. The lowest BCUT2D eigenvalue weighted by molar-refractivity contribution is 0.439. The molecule has 0 aliphatic rings. The monoisotopic (exact) mass is 492 g/mol. The van der Waals surface area contributed by atoms with Gasteiger partial charge < -0.3 is 10.2 Å². The van der Waals surface area contributed by atoms with Crippen LogP contribution in [0.4, 0.5) is 0 Å². The molecule has 0 heterocycles. The van der Waals surface area contributed by atoms with Crippen LogP contribution in [-0.2, 0) is 14.9 Å². The summed E-state index contributed by atoms with van der Waals surface area (Å²) in [4.78, 5) is 0. The van der Waals surface area contributed by atoms with Crippen LogP contribution in [0.25, 0.3) is 0 Å². The van der Waals surface area contributed by atoms with Crippen molar-refractivity contribution in [3.63, 3.8) is 0 Å². The molecule has 5 nitrogen and oxygen atoms in total. The molecule has 0 aromatic heterocycles. The van der Waals surface area contributed by atoms with Crippen LogP contribution < -0.4 is 0 Å². The van der Waals surface area contributed by atoms with E-state index < -0.39 is 20.6 Å². The molecule has 29 heavy (non-hydrogen) atoms. The quantitative estimate of drug-likeness (QED) is 0.311. The van der Waals surface area contributed by atoms with Crippen molar-refractivity contribution in [1.82, 2.24) is 0 Å². The van der Waals surface area contributed by atoms with Gasteiger partial charge in [0.15, 0.2) is 4.75 Å². The largest absolute Gasteiger partial charge is 0.508 e. The second-order valence-corrected chi connectivity index (χ2v) is 9.40. The maximum absolute atomic E-state index is 12.9. The average Bonchev–Trinajstić information content (AvgIpc) is 2.58. The lowest BCUT2D eigenvalue weighted by Crippen LogP contribution is -2.38. The van der Waals surface area contributed by atoms with Gasteiger partial charge in [0.2, 0.25) is 0 Å². The molecule has 10 heteroatoms. The topological polar surface area (TPSA) is 94.8 Å². The van der Waals surface area contributed by atoms with E-state index in [1.54, 1.807) is 0 Å². The summed E-state index contributed by atoms with van der Waals surface area (Å²) >= 11 is 24.1. The number of hydrogen-bond donors (Lipinski definition) is 3. The van der Waals surface area contributed by atoms with Crippen LogP contribution in [0, 0.1) is 0 Å². The van der Waals surface area contributed by atoms with E-state index in [4.69, 9.17) is 46.4 Å². The molecule has 3 N–H and O–H groups in total. The highest BCUT2D eigenvalue weighted by molar-refractivity contribution is 7.87. The number of benzene rings is 3. The number of rotatable bonds is 4. The van der Waals surface area contributed by atoms with Gasteiger partial charge in [-0.1, -0.05) is 58.5 Å². The molecular formula is C19H12Cl4O5S. The van der Waals surface area contributed by atoms with Crippen LogP contribution >= 0.6 is 46.4 Å². The summed E-state index contributed by atoms with van der Waals surface area (Å²) < 4.78 is 33.9. The van der Waals surface area contributed by atoms with Gasteiger partial charge in [-0.15, -0.1) is 0 Å². The van der Waals surface area contributed by atoms with Gasteiger partial charge in [0.25, 0.3) is 10.1 Å². The first kappa shape index (κ1) is 22.0. The smallest absolute Gasteiger partial charge is 0.283 e. The van der Waals surface area contributed by atoms with E-state index in [0.717, 1.165) is 18.2 Å². The summed E-state index contributed by atoms with van der Waals surface area (Å²) in [5.74, 6) is -0.918. The Kier molecular flexibility index (Phi) is 5.98. The molecule has 1 atom stereocenters. The third-order valence-electron chi connectivity index (χ3n) is 4.33. The Hall–Kier alpha value is -1.67. The lowest BCUT2D eigenvalue weighted by atomic mass is 9.83. The molecule has 3 aromatic rings. The highest BCUT2D eigenvalue weighted by Gasteiger charge is 2.50. The summed E-state index contributed by atoms with van der Waals surface area (Å²) in [6, 6.07) is 11.3. The van der Waals surface area contributed by atoms with Gasteiger partial charge in [0.1, 0.15) is 11.5 Å². The van der Waals surface area contributed by atoms with Crippen molar-refractivity contribution in [2.75, 3.05) is 0 Å². The summed E-state index contributed by atoms with van der Waals surface area (Å²) in [5.41, 5.74) is -0.484. The molecule has 3 aromatic carbocycles. The first-order valence-corrected chi connectivity index (χ1v) is 10.8. The predicted molar refractivity (Wildman–Crippen MR) is 114 cm³/mol. The van der Waals surface area contributed by atoms with Gasteiger partial charge >= 0.3 is 0 Å². The Morgan fingerprint density at radius 3 is 1.97 bits per heavy atom. The van der Waals surface area contributed by atoms with Gasteiger partial charge in [-0.25, -0.2) is 0 Å². The van der Waals surface area contributed by atoms with Gasteiger partial charge in [-0.3, -0.25) is 4.55 Å². The number of aromatic hydroxyl groups is 2. The van der Waals surface area contributed by atoms with Crippen LogP contribution in [-0.4, -0.2) is 23.2 Å². The van der Waals surface area contributed by atoms with Crippen molar-refractivity contribution < 1.29 is 23.2 Å². The maximum atomic E-state index is 12.9. The molecule has 1 unspecified atom stereocenters.